The number of non-ortho nitro benzene ring substituents is 1. The lowest BCUT2D eigenvalue weighted by Crippen LogP contribution is -2.21. The number of nitro groups is 1. The molecular formula is C12H16N2O4. The number of phenolic OH excluding ortho intramolecular Hbond substituents is 1. The predicted molar refractivity (Wildman–Crippen MR) is 67.5 cm³/mol. The SMILES string of the molecule is CCC(CC)C(=O)Nc1ccc([N+](=O)[O-])cc1O. The number of carbonyl (C=O) groups excluding carboxylic acids is 1. The first-order valence-electron chi connectivity index (χ1n) is 5.77. The van der Waals surface area contributed by atoms with Gasteiger partial charge in [-0.15, -0.1) is 0 Å². The molecule has 98 valence electrons. The van der Waals surface area contributed by atoms with Crippen LogP contribution in [0.2, 0.25) is 0 Å². The van der Waals surface area contributed by atoms with Gasteiger partial charge in [-0.25, -0.2) is 0 Å². The van der Waals surface area contributed by atoms with Gasteiger partial charge in [0.1, 0.15) is 5.75 Å². The molecule has 0 saturated heterocycles. The monoisotopic (exact) mass is 252 g/mol. The van der Waals surface area contributed by atoms with E-state index in [2.05, 4.69) is 5.32 Å². The third-order valence-corrected chi connectivity index (χ3v) is 2.81. The minimum absolute atomic E-state index is 0.125. The number of hydrogen-bond donors (Lipinski definition) is 2. The van der Waals surface area contributed by atoms with Crippen LogP contribution in [0.3, 0.4) is 0 Å². The van der Waals surface area contributed by atoms with Crippen LogP contribution in [0, 0.1) is 16.0 Å². The Morgan fingerprint density at radius 2 is 2.06 bits per heavy atom. The lowest BCUT2D eigenvalue weighted by Gasteiger charge is -2.13. The maximum absolute atomic E-state index is 11.8. The zero-order valence-electron chi connectivity index (χ0n) is 10.3. The third-order valence-electron chi connectivity index (χ3n) is 2.81. The maximum atomic E-state index is 11.8. The van der Waals surface area contributed by atoms with Crippen molar-refractivity contribution in [2.75, 3.05) is 5.32 Å². The highest BCUT2D eigenvalue weighted by atomic mass is 16.6. The average Bonchev–Trinajstić information content (AvgIpc) is 2.33. The molecule has 0 heterocycles. The van der Waals surface area contributed by atoms with Crippen molar-refractivity contribution in [2.24, 2.45) is 5.92 Å². The van der Waals surface area contributed by atoms with E-state index >= 15 is 0 Å². The Kier molecular flexibility index (Phi) is 4.65. The number of benzene rings is 1. The molecule has 0 saturated carbocycles. The van der Waals surface area contributed by atoms with Crippen LogP contribution in [0.25, 0.3) is 0 Å². The van der Waals surface area contributed by atoms with Crippen LogP contribution >= 0.6 is 0 Å². The van der Waals surface area contributed by atoms with E-state index in [1.807, 2.05) is 13.8 Å². The number of amides is 1. The maximum Gasteiger partial charge on any atom is 0.273 e. The number of carbonyl (C=O) groups is 1. The molecule has 1 rings (SSSR count). The van der Waals surface area contributed by atoms with E-state index in [1.54, 1.807) is 0 Å². The van der Waals surface area contributed by atoms with Crippen LogP contribution in [0.4, 0.5) is 11.4 Å². The Morgan fingerprint density at radius 3 is 2.50 bits per heavy atom. The first-order chi connectivity index (χ1) is 8.49. The summed E-state index contributed by atoms with van der Waals surface area (Å²) < 4.78 is 0. The molecule has 0 aromatic heterocycles. The van der Waals surface area contributed by atoms with Crippen LogP contribution in [0.1, 0.15) is 26.7 Å². The number of rotatable bonds is 5. The van der Waals surface area contributed by atoms with E-state index in [9.17, 15) is 20.0 Å². The molecule has 0 aliphatic carbocycles. The molecule has 18 heavy (non-hydrogen) atoms. The number of aromatic hydroxyl groups is 1. The molecule has 0 atom stereocenters. The summed E-state index contributed by atoms with van der Waals surface area (Å²) in [6.07, 6.45) is 1.41. The van der Waals surface area contributed by atoms with Gasteiger partial charge in [-0.3, -0.25) is 14.9 Å². The molecule has 2 N–H and O–H groups in total. The molecule has 0 unspecified atom stereocenters. The molecule has 1 aromatic carbocycles. The van der Waals surface area contributed by atoms with Crippen molar-refractivity contribution in [3.8, 4) is 5.75 Å². The van der Waals surface area contributed by atoms with Gasteiger partial charge in [-0.2, -0.15) is 0 Å². The van der Waals surface area contributed by atoms with Crippen molar-refractivity contribution < 1.29 is 14.8 Å². The summed E-state index contributed by atoms with van der Waals surface area (Å²) in [6, 6.07) is 3.58. The minimum Gasteiger partial charge on any atom is -0.506 e. The minimum atomic E-state index is -0.605. The van der Waals surface area contributed by atoms with Crippen molar-refractivity contribution in [3.63, 3.8) is 0 Å². The Bertz CT molecular complexity index is 455. The summed E-state index contributed by atoms with van der Waals surface area (Å²) >= 11 is 0. The smallest absolute Gasteiger partial charge is 0.273 e. The van der Waals surface area contributed by atoms with Gasteiger partial charge in [-0.05, 0) is 18.9 Å². The molecule has 0 spiro atoms. The lowest BCUT2D eigenvalue weighted by molar-refractivity contribution is -0.384. The van der Waals surface area contributed by atoms with E-state index in [1.165, 1.54) is 12.1 Å². The van der Waals surface area contributed by atoms with E-state index < -0.39 is 4.92 Å². The largest absolute Gasteiger partial charge is 0.506 e. The Labute approximate surface area is 105 Å². The van der Waals surface area contributed by atoms with Gasteiger partial charge in [0.25, 0.3) is 5.69 Å². The normalized spacial score (nSPS) is 10.4. The van der Waals surface area contributed by atoms with Crippen LogP contribution in [0.5, 0.6) is 5.75 Å². The molecule has 6 nitrogen and oxygen atoms in total. The number of hydrogen-bond acceptors (Lipinski definition) is 4. The van der Waals surface area contributed by atoms with Gasteiger partial charge < -0.3 is 10.4 Å². The van der Waals surface area contributed by atoms with E-state index in [4.69, 9.17) is 0 Å². The fourth-order valence-corrected chi connectivity index (χ4v) is 1.63. The quantitative estimate of drug-likeness (QED) is 0.478. The zero-order valence-corrected chi connectivity index (χ0v) is 10.3. The topological polar surface area (TPSA) is 92.5 Å². The van der Waals surface area contributed by atoms with E-state index in [0.717, 1.165) is 6.07 Å². The van der Waals surface area contributed by atoms with E-state index in [-0.39, 0.29) is 28.9 Å². The summed E-state index contributed by atoms with van der Waals surface area (Å²) in [6.45, 7) is 3.81. The summed E-state index contributed by atoms with van der Waals surface area (Å²) in [7, 11) is 0. The second-order valence-corrected chi connectivity index (χ2v) is 3.96. The molecule has 0 aliphatic rings. The summed E-state index contributed by atoms with van der Waals surface area (Å²) in [4.78, 5) is 21.7. The molecule has 1 amide bonds. The Hall–Kier alpha value is -2.11. The van der Waals surface area contributed by atoms with Gasteiger partial charge in [0.15, 0.2) is 0 Å². The summed E-state index contributed by atoms with van der Waals surface area (Å²) in [5.74, 6) is -0.618. The zero-order chi connectivity index (χ0) is 13.7. The molecule has 0 fully saturated rings. The van der Waals surface area contributed by atoms with Gasteiger partial charge >= 0.3 is 0 Å². The lowest BCUT2D eigenvalue weighted by atomic mass is 10.0. The van der Waals surface area contributed by atoms with Crippen LogP contribution in [-0.4, -0.2) is 15.9 Å². The number of phenols is 1. The molecular weight excluding hydrogens is 236 g/mol. The second-order valence-electron chi connectivity index (χ2n) is 3.96. The summed E-state index contributed by atoms with van der Waals surface area (Å²) in [5, 5.41) is 22.7. The molecule has 0 radical (unpaired) electrons. The van der Waals surface area contributed by atoms with E-state index in [0.29, 0.717) is 12.8 Å². The predicted octanol–water partition coefficient (Wildman–Crippen LogP) is 2.68. The van der Waals surface area contributed by atoms with Crippen LogP contribution < -0.4 is 5.32 Å². The number of nitro benzene ring substituents is 1. The highest BCUT2D eigenvalue weighted by Gasteiger charge is 2.17. The van der Waals surface area contributed by atoms with Crippen molar-refractivity contribution in [2.45, 2.75) is 26.7 Å². The first kappa shape index (κ1) is 14.0. The number of nitrogens with zero attached hydrogens (tertiary/aromatic N) is 1. The standard InChI is InChI=1S/C12H16N2O4/c1-3-8(4-2)12(16)13-10-6-5-9(14(17)18)7-11(10)15/h5-8,15H,3-4H2,1-2H3,(H,13,16). The van der Waals surface area contributed by atoms with Crippen molar-refractivity contribution in [1.29, 1.82) is 0 Å². The van der Waals surface area contributed by atoms with Crippen molar-refractivity contribution in [1.82, 2.24) is 0 Å². The molecule has 0 bridgehead atoms. The van der Waals surface area contributed by atoms with Crippen molar-refractivity contribution in [3.05, 3.63) is 28.3 Å². The Balaban J connectivity index is 2.86. The first-order valence-corrected chi connectivity index (χ1v) is 5.77. The van der Waals surface area contributed by atoms with Gasteiger partial charge in [0.05, 0.1) is 16.7 Å². The van der Waals surface area contributed by atoms with Gasteiger partial charge in [0, 0.05) is 12.0 Å². The highest BCUT2D eigenvalue weighted by molar-refractivity contribution is 5.94. The highest BCUT2D eigenvalue weighted by Crippen LogP contribution is 2.28. The molecule has 0 aliphatic heterocycles. The second kappa shape index (κ2) is 6.00. The Morgan fingerprint density at radius 1 is 1.44 bits per heavy atom. The van der Waals surface area contributed by atoms with Gasteiger partial charge in [-0.1, -0.05) is 13.8 Å². The third kappa shape index (κ3) is 3.19. The van der Waals surface area contributed by atoms with Gasteiger partial charge in [0.2, 0.25) is 5.91 Å². The fraction of sp³-hybridized carbons (Fsp3) is 0.417. The number of nitrogens with one attached hydrogen (secondary N) is 1. The van der Waals surface area contributed by atoms with Crippen molar-refractivity contribution >= 4 is 17.3 Å². The fourth-order valence-electron chi connectivity index (χ4n) is 1.63. The molecule has 6 heteroatoms. The summed E-state index contributed by atoms with van der Waals surface area (Å²) in [5.41, 5.74) is -0.0227. The van der Waals surface area contributed by atoms with Crippen LogP contribution in [-0.2, 0) is 4.79 Å². The average molecular weight is 252 g/mol. The van der Waals surface area contributed by atoms with Crippen LogP contribution in [0.15, 0.2) is 18.2 Å². The number of anilines is 1. The molecule has 1 aromatic rings.